The summed E-state index contributed by atoms with van der Waals surface area (Å²) < 4.78 is 5.53. The fraction of sp³-hybridized carbons (Fsp3) is 0.350. The Hall–Kier alpha value is -2.64. The molecule has 1 aromatic carbocycles. The molecule has 7 nitrogen and oxygen atoms in total. The van der Waals surface area contributed by atoms with Gasteiger partial charge in [-0.15, -0.1) is 0 Å². The Balaban J connectivity index is 1.88. The van der Waals surface area contributed by atoms with E-state index in [0.717, 1.165) is 6.42 Å². The largest absolute Gasteiger partial charge is 0.478 e. The number of aromatic carboxylic acids is 1. The van der Waals surface area contributed by atoms with Gasteiger partial charge in [0.05, 0.1) is 24.8 Å². The van der Waals surface area contributed by atoms with Crippen molar-refractivity contribution in [3.63, 3.8) is 0 Å². The molecule has 0 bridgehead atoms. The molecule has 2 heterocycles. The highest BCUT2D eigenvalue weighted by Crippen LogP contribution is 2.25. The molecule has 0 aliphatic carbocycles. The van der Waals surface area contributed by atoms with Crippen LogP contribution in [0.25, 0.3) is 0 Å². The number of carbonyl (C=O) groups is 2. The Morgan fingerprint density at radius 1 is 1.39 bits per heavy atom. The highest BCUT2D eigenvalue weighted by atomic mass is 35.5. The minimum Gasteiger partial charge on any atom is -0.478 e. The maximum atomic E-state index is 12.8. The van der Waals surface area contributed by atoms with Gasteiger partial charge in [0, 0.05) is 17.3 Å². The van der Waals surface area contributed by atoms with E-state index in [1.165, 1.54) is 12.1 Å². The van der Waals surface area contributed by atoms with Crippen LogP contribution in [0.1, 0.15) is 39.8 Å². The standard InChI is InChI=1S/C20H22ClN3O4/c1-3-14-11-28-8-7-24(14)18-10-13(21)9-17(22-18)19(25)23-16-6-4-5-15(12(16)2)20(26)27/h4-6,9-10,14H,3,7-8,11H2,1-2H3,(H,23,25)(H,26,27). The first kappa shape index (κ1) is 20.1. The van der Waals surface area contributed by atoms with Gasteiger partial charge in [0.25, 0.3) is 5.91 Å². The number of carboxylic acid groups (broad SMARTS) is 1. The first-order valence-electron chi connectivity index (χ1n) is 9.07. The fourth-order valence-corrected chi connectivity index (χ4v) is 3.43. The minimum atomic E-state index is -1.05. The predicted octanol–water partition coefficient (Wildman–Crippen LogP) is 3.61. The van der Waals surface area contributed by atoms with Crippen molar-refractivity contribution in [1.29, 1.82) is 0 Å². The molecule has 2 N–H and O–H groups in total. The van der Waals surface area contributed by atoms with Crippen LogP contribution in [0.2, 0.25) is 5.02 Å². The number of rotatable bonds is 5. The zero-order valence-electron chi connectivity index (χ0n) is 15.7. The number of carboxylic acids is 1. The second-order valence-electron chi connectivity index (χ2n) is 6.60. The van der Waals surface area contributed by atoms with E-state index in [1.807, 2.05) is 0 Å². The van der Waals surface area contributed by atoms with Crippen molar-refractivity contribution in [3.05, 3.63) is 52.2 Å². The lowest BCUT2D eigenvalue weighted by molar-refractivity contribution is 0.0695. The zero-order valence-corrected chi connectivity index (χ0v) is 16.5. The second-order valence-corrected chi connectivity index (χ2v) is 7.03. The number of hydrogen-bond donors (Lipinski definition) is 2. The number of anilines is 2. The summed E-state index contributed by atoms with van der Waals surface area (Å²) >= 11 is 6.25. The van der Waals surface area contributed by atoms with Crippen molar-refractivity contribution in [2.24, 2.45) is 0 Å². The maximum Gasteiger partial charge on any atom is 0.336 e. The molecule has 1 aliphatic heterocycles. The third-order valence-electron chi connectivity index (χ3n) is 4.81. The van der Waals surface area contributed by atoms with Crippen LogP contribution in [0.4, 0.5) is 11.5 Å². The molecule has 1 unspecified atom stereocenters. The summed E-state index contributed by atoms with van der Waals surface area (Å²) in [7, 11) is 0. The summed E-state index contributed by atoms with van der Waals surface area (Å²) in [5, 5.41) is 12.4. The molecule has 148 valence electrons. The van der Waals surface area contributed by atoms with Gasteiger partial charge in [-0.05, 0) is 43.2 Å². The van der Waals surface area contributed by atoms with E-state index in [2.05, 4.69) is 22.1 Å². The Morgan fingerprint density at radius 3 is 2.89 bits per heavy atom. The van der Waals surface area contributed by atoms with Gasteiger partial charge in [-0.1, -0.05) is 24.6 Å². The van der Waals surface area contributed by atoms with Gasteiger partial charge in [0.15, 0.2) is 0 Å². The number of morpholine rings is 1. The summed E-state index contributed by atoms with van der Waals surface area (Å²) in [6, 6.07) is 8.14. The summed E-state index contributed by atoms with van der Waals surface area (Å²) in [5.41, 5.74) is 1.21. The number of nitrogens with one attached hydrogen (secondary N) is 1. The van der Waals surface area contributed by atoms with Crippen LogP contribution in [0, 0.1) is 6.92 Å². The molecule has 0 saturated carbocycles. The third-order valence-corrected chi connectivity index (χ3v) is 5.03. The summed E-state index contributed by atoms with van der Waals surface area (Å²) in [4.78, 5) is 30.7. The number of halogens is 1. The smallest absolute Gasteiger partial charge is 0.336 e. The summed E-state index contributed by atoms with van der Waals surface area (Å²) in [5.74, 6) is -0.866. The van der Waals surface area contributed by atoms with Crippen LogP contribution >= 0.6 is 11.6 Å². The van der Waals surface area contributed by atoms with Gasteiger partial charge in [-0.25, -0.2) is 9.78 Å². The Labute approximate surface area is 168 Å². The number of amides is 1. The van der Waals surface area contributed by atoms with Crippen LogP contribution in [0.3, 0.4) is 0 Å². The number of carbonyl (C=O) groups excluding carboxylic acids is 1. The topological polar surface area (TPSA) is 91.8 Å². The van der Waals surface area contributed by atoms with Gasteiger partial charge in [0.1, 0.15) is 11.5 Å². The highest BCUT2D eigenvalue weighted by molar-refractivity contribution is 6.31. The molecule has 1 amide bonds. The van der Waals surface area contributed by atoms with Crippen LogP contribution in [-0.2, 0) is 4.74 Å². The summed E-state index contributed by atoms with van der Waals surface area (Å²) in [6.45, 7) is 5.59. The van der Waals surface area contributed by atoms with E-state index in [-0.39, 0.29) is 17.3 Å². The Bertz CT molecular complexity index is 903. The number of aromatic nitrogens is 1. The molecule has 2 aromatic rings. The van der Waals surface area contributed by atoms with Crippen LogP contribution in [0.5, 0.6) is 0 Å². The molecule has 0 radical (unpaired) electrons. The molecule has 8 heteroatoms. The van der Waals surface area contributed by atoms with E-state index < -0.39 is 11.9 Å². The molecule has 1 saturated heterocycles. The minimum absolute atomic E-state index is 0.136. The first-order chi connectivity index (χ1) is 13.4. The van der Waals surface area contributed by atoms with Crippen molar-refractivity contribution in [2.45, 2.75) is 26.3 Å². The fourth-order valence-electron chi connectivity index (χ4n) is 3.23. The average molecular weight is 404 g/mol. The van der Waals surface area contributed by atoms with Gasteiger partial charge < -0.3 is 20.1 Å². The normalized spacial score (nSPS) is 16.7. The number of hydrogen-bond acceptors (Lipinski definition) is 5. The molecule has 28 heavy (non-hydrogen) atoms. The quantitative estimate of drug-likeness (QED) is 0.792. The number of ether oxygens (including phenoxy) is 1. The third kappa shape index (κ3) is 4.26. The van der Waals surface area contributed by atoms with E-state index in [4.69, 9.17) is 16.3 Å². The molecule has 0 spiro atoms. The number of benzene rings is 1. The van der Waals surface area contributed by atoms with Crippen molar-refractivity contribution >= 4 is 35.0 Å². The van der Waals surface area contributed by atoms with Crippen molar-refractivity contribution < 1.29 is 19.4 Å². The molecular weight excluding hydrogens is 382 g/mol. The van der Waals surface area contributed by atoms with Crippen LogP contribution < -0.4 is 10.2 Å². The lowest BCUT2D eigenvalue weighted by atomic mass is 10.1. The van der Waals surface area contributed by atoms with Crippen molar-refractivity contribution in [1.82, 2.24) is 4.98 Å². The van der Waals surface area contributed by atoms with Crippen molar-refractivity contribution in [3.8, 4) is 0 Å². The van der Waals surface area contributed by atoms with E-state index in [0.29, 0.717) is 41.8 Å². The van der Waals surface area contributed by atoms with Crippen LogP contribution in [-0.4, -0.2) is 47.8 Å². The molecule has 1 fully saturated rings. The number of pyridine rings is 1. The molecule has 1 atom stereocenters. The SMILES string of the molecule is CCC1COCCN1c1cc(Cl)cc(C(=O)Nc2cccc(C(=O)O)c2C)n1. The molecule has 1 aromatic heterocycles. The maximum absolute atomic E-state index is 12.8. The summed E-state index contributed by atoms with van der Waals surface area (Å²) in [6.07, 6.45) is 0.886. The Morgan fingerprint density at radius 2 is 2.18 bits per heavy atom. The van der Waals surface area contributed by atoms with Gasteiger partial charge in [0.2, 0.25) is 0 Å². The van der Waals surface area contributed by atoms with E-state index in [9.17, 15) is 14.7 Å². The van der Waals surface area contributed by atoms with E-state index >= 15 is 0 Å². The first-order valence-corrected chi connectivity index (χ1v) is 9.44. The van der Waals surface area contributed by atoms with Gasteiger partial charge in [-0.3, -0.25) is 4.79 Å². The molecular formula is C20H22ClN3O4. The lowest BCUT2D eigenvalue weighted by Crippen LogP contribution is -2.45. The lowest BCUT2D eigenvalue weighted by Gasteiger charge is -2.36. The highest BCUT2D eigenvalue weighted by Gasteiger charge is 2.24. The second kappa shape index (κ2) is 8.58. The number of nitrogens with zero attached hydrogens (tertiary/aromatic N) is 2. The predicted molar refractivity (Wildman–Crippen MR) is 108 cm³/mol. The average Bonchev–Trinajstić information content (AvgIpc) is 2.68. The van der Waals surface area contributed by atoms with Crippen LogP contribution in [0.15, 0.2) is 30.3 Å². The molecule has 3 rings (SSSR count). The van der Waals surface area contributed by atoms with Gasteiger partial charge >= 0.3 is 5.97 Å². The monoisotopic (exact) mass is 403 g/mol. The molecule has 1 aliphatic rings. The van der Waals surface area contributed by atoms with Crippen molar-refractivity contribution in [2.75, 3.05) is 30.0 Å². The zero-order chi connectivity index (χ0) is 20.3. The van der Waals surface area contributed by atoms with E-state index in [1.54, 1.807) is 25.1 Å². The van der Waals surface area contributed by atoms with Gasteiger partial charge in [-0.2, -0.15) is 0 Å². The Kier molecular flexibility index (Phi) is 6.16.